The van der Waals surface area contributed by atoms with Crippen molar-refractivity contribution in [2.24, 2.45) is 11.8 Å². The van der Waals surface area contributed by atoms with E-state index in [4.69, 9.17) is 4.98 Å². The van der Waals surface area contributed by atoms with E-state index in [0.29, 0.717) is 0 Å². The SMILES string of the molecule is CCCCCCCCc1ccc(-c2ccc(CCC3CCC(CCCCCC)CC3)cn2)cc1. The van der Waals surface area contributed by atoms with Crippen molar-refractivity contribution >= 4 is 0 Å². The first-order chi connectivity index (χ1) is 16.8. The maximum atomic E-state index is 4.81. The summed E-state index contributed by atoms with van der Waals surface area (Å²) in [6.07, 6.45) is 27.1. The molecule has 0 saturated heterocycles. The number of aryl methyl sites for hydroxylation is 2. The highest BCUT2D eigenvalue weighted by Gasteiger charge is 2.20. The van der Waals surface area contributed by atoms with Gasteiger partial charge >= 0.3 is 0 Å². The molecule has 0 aliphatic heterocycles. The Morgan fingerprint density at radius 2 is 1.18 bits per heavy atom. The smallest absolute Gasteiger partial charge is 0.0702 e. The van der Waals surface area contributed by atoms with Gasteiger partial charge in [0.1, 0.15) is 0 Å². The highest BCUT2D eigenvalue weighted by molar-refractivity contribution is 5.59. The number of aromatic nitrogens is 1. The monoisotopic (exact) mass is 461 g/mol. The molecule has 1 heteroatoms. The van der Waals surface area contributed by atoms with Crippen molar-refractivity contribution in [3.8, 4) is 11.3 Å². The summed E-state index contributed by atoms with van der Waals surface area (Å²) in [7, 11) is 0. The van der Waals surface area contributed by atoms with Gasteiger partial charge in [-0.05, 0) is 54.7 Å². The lowest BCUT2D eigenvalue weighted by Crippen LogP contribution is -2.15. The van der Waals surface area contributed by atoms with Crippen LogP contribution >= 0.6 is 0 Å². The van der Waals surface area contributed by atoms with Crippen LogP contribution in [-0.4, -0.2) is 4.98 Å². The predicted molar refractivity (Wildman–Crippen MR) is 149 cm³/mol. The molecule has 188 valence electrons. The van der Waals surface area contributed by atoms with Crippen LogP contribution in [0.5, 0.6) is 0 Å². The third-order valence-corrected chi connectivity index (χ3v) is 8.17. The Morgan fingerprint density at radius 3 is 1.82 bits per heavy atom. The van der Waals surface area contributed by atoms with Crippen LogP contribution in [0, 0.1) is 11.8 Å². The Bertz CT molecular complexity index is 752. The summed E-state index contributed by atoms with van der Waals surface area (Å²) in [6.45, 7) is 4.59. The third kappa shape index (κ3) is 9.93. The van der Waals surface area contributed by atoms with Crippen molar-refractivity contribution in [2.75, 3.05) is 0 Å². The summed E-state index contributed by atoms with van der Waals surface area (Å²) in [5.74, 6) is 1.96. The van der Waals surface area contributed by atoms with Crippen LogP contribution in [0.2, 0.25) is 0 Å². The van der Waals surface area contributed by atoms with E-state index in [9.17, 15) is 0 Å². The second-order valence-corrected chi connectivity index (χ2v) is 11.0. The molecule has 1 aromatic carbocycles. The summed E-state index contributed by atoms with van der Waals surface area (Å²) in [5.41, 5.74) is 5.23. The maximum absolute atomic E-state index is 4.81. The molecule has 0 radical (unpaired) electrons. The second kappa shape index (κ2) is 16.1. The number of benzene rings is 1. The highest BCUT2D eigenvalue weighted by atomic mass is 14.7. The van der Waals surface area contributed by atoms with Crippen molar-refractivity contribution in [1.29, 1.82) is 0 Å². The maximum Gasteiger partial charge on any atom is 0.0702 e. The molecule has 0 bridgehead atoms. The van der Waals surface area contributed by atoms with E-state index in [1.807, 2.05) is 0 Å². The van der Waals surface area contributed by atoms with Gasteiger partial charge in [0.2, 0.25) is 0 Å². The van der Waals surface area contributed by atoms with Crippen LogP contribution in [-0.2, 0) is 12.8 Å². The molecule has 0 spiro atoms. The number of hydrogen-bond donors (Lipinski definition) is 0. The van der Waals surface area contributed by atoms with E-state index >= 15 is 0 Å². The number of nitrogens with zero attached hydrogens (tertiary/aromatic N) is 1. The molecule has 0 unspecified atom stereocenters. The van der Waals surface area contributed by atoms with Gasteiger partial charge < -0.3 is 0 Å². The standard InChI is InChI=1S/C33H51N/c1-3-5-7-9-10-12-14-29-21-24-32(25-22-29)33-26-23-31(27-34-33)20-19-30-17-15-28(16-18-30)13-11-8-6-4-2/h21-28,30H,3-20H2,1-2H3. The first-order valence-electron chi connectivity index (χ1n) is 14.8. The van der Waals surface area contributed by atoms with Gasteiger partial charge in [-0.1, -0.05) is 134 Å². The predicted octanol–water partition coefficient (Wildman–Crippen LogP) is 10.4. The van der Waals surface area contributed by atoms with E-state index in [1.54, 1.807) is 0 Å². The molecule has 34 heavy (non-hydrogen) atoms. The van der Waals surface area contributed by atoms with Crippen molar-refractivity contribution in [1.82, 2.24) is 4.98 Å². The molecule has 0 amide bonds. The summed E-state index contributed by atoms with van der Waals surface area (Å²) in [6, 6.07) is 13.7. The van der Waals surface area contributed by atoms with Crippen molar-refractivity contribution in [3.05, 3.63) is 53.7 Å². The van der Waals surface area contributed by atoms with E-state index < -0.39 is 0 Å². The zero-order valence-electron chi connectivity index (χ0n) is 22.4. The van der Waals surface area contributed by atoms with Gasteiger partial charge in [-0.15, -0.1) is 0 Å². The molecule has 3 rings (SSSR count). The Hall–Kier alpha value is -1.63. The number of rotatable bonds is 16. The van der Waals surface area contributed by atoms with Crippen LogP contribution in [0.1, 0.15) is 128 Å². The molecular formula is C33H51N. The van der Waals surface area contributed by atoms with E-state index in [2.05, 4.69) is 56.4 Å². The minimum absolute atomic E-state index is 0.936. The van der Waals surface area contributed by atoms with Gasteiger partial charge in [0.25, 0.3) is 0 Å². The molecule has 2 aromatic rings. The van der Waals surface area contributed by atoms with Crippen LogP contribution < -0.4 is 0 Å². The molecule has 1 saturated carbocycles. The average molecular weight is 462 g/mol. The van der Waals surface area contributed by atoms with Gasteiger partial charge in [-0.25, -0.2) is 0 Å². The fraction of sp³-hybridized carbons (Fsp3) is 0.667. The zero-order chi connectivity index (χ0) is 23.8. The minimum Gasteiger partial charge on any atom is -0.256 e. The van der Waals surface area contributed by atoms with Crippen LogP contribution in [0.15, 0.2) is 42.6 Å². The lowest BCUT2D eigenvalue weighted by molar-refractivity contribution is 0.249. The number of pyridine rings is 1. The van der Waals surface area contributed by atoms with Crippen molar-refractivity contribution in [2.45, 2.75) is 129 Å². The highest BCUT2D eigenvalue weighted by Crippen LogP contribution is 2.34. The largest absolute Gasteiger partial charge is 0.256 e. The van der Waals surface area contributed by atoms with Gasteiger partial charge in [-0.3, -0.25) is 4.98 Å². The summed E-state index contributed by atoms with van der Waals surface area (Å²) in [5, 5.41) is 0. The topological polar surface area (TPSA) is 12.9 Å². The fourth-order valence-corrected chi connectivity index (χ4v) is 5.73. The fourth-order valence-electron chi connectivity index (χ4n) is 5.73. The average Bonchev–Trinajstić information content (AvgIpc) is 2.89. The molecule has 0 N–H and O–H groups in total. The van der Waals surface area contributed by atoms with Crippen molar-refractivity contribution < 1.29 is 0 Å². The van der Waals surface area contributed by atoms with Gasteiger partial charge in [0, 0.05) is 11.8 Å². The number of unbranched alkanes of at least 4 members (excludes halogenated alkanes) is 8. The summed E-state index contributed by atoms with van der Waals surface area (Å²) >= 11 is 0. The molecule has 1 aliphatic rings. The second-order valence-electron chi connectivity index (χ2n) is 11.0. The minimum atomic E-state index is 0.936. The van der Waals surface area contributed by atoms with E-state index in [1.165, 1.54) is 132 Å². The Morgan fingerprint density at radius 1 is 0.588 bits per heavy atom. The molecule has 0 atom stereocenters. The third-order valence-electron chi connectivity index (χ3n) is 8.17. The Labute approximate surface area is 211 Å². The Balaban J connectivity index is 1.34. The summed E-state index contributed by atoms with van der Waals surface area (Å²) < 4.78 is 0. The van der Waals surface area contributed by atoms with E-state index in [-0.39, 0.29) is 0 Å². The first kappa shape index (κ1) is 27.0. The van der Waals surface area contributed by atoms with Gasteiger partial charge in [0.05, 0.1) is 5.69 Å². The Kier molecular flexibility index (Phi) is 12.8. The van der Waals surface area contributed by atoms with Crippen LogP contribution in [0.25, 0.3) is 11.3 Å². The first-order valence-corrected chi connectivity index (χ1v) is 14.8. The molecule has 1 fully saturated rings. The normalized spacial score (nSPS) is 18.3. The van der Waals surface area contributed by atoms with Gasteiger partial charge in [-0.2, -0.15) is 0 Å². The van der Waals surface area contributed by atoms with Gasteiger partial charge in [0.15, 0.2) is 0 Å². The summed E-state index contributed by atoms with van der Waals surface area (Å²) in [4.78, 5) is 4.81. The molecular weight excluding hydrogens is 410 g/mol. The molecule has 1 heterocycles. The molecule has 1 nitrogen and oxygen atoms in total. The zero-order valence-corrected chi connectivity index (χ0v) is 22.4. The quantitative estimate of drug-likeness (QED) is 0.226. The van der Waals surface area contributed by atoms with Crippen LogP contribution in [0.3, 0.4) is 0 Å². The van der Waals surface area contributed by atoms with Crippen LogP contribution in [0.4, 0.5) is 0 Å². The van der Waals surface area contributed by atoms with E-state index in [0.717, 1.165) is 17.5 Å². The van der Waals surface area contributed by atoms with Crippen molar-refractivity contribution in [3.63, 3.8) is 0 Å². The molecule has 1 aliphatic carbocycles. The lowest BCUT2D eigenvalue weighted by atomic mass is 9.78. The molecule has 1 aromatic heterocycles. The number of hydrogen-bond acceptors (Lipinski definition) is 1. The lowest BCUT2D eigenvalue weighted by Gasteiger charge is -2.28.